The normalized spacial score (nSPS) is 10.5. The number of aryl methyl sites for hydroxylation is 2. The minimum atomic E-state index is 0.388. The Bertz CT molecular complexity index is 462. The van der Waals surface area contributed by atoms with Gasteiger partial charge in [0.1, 0.15) is 6.33 Å². The molecule has 0 fully saturated rings. The fraction of sp³-hybridized carbons (Fsp3) is 0.200. The molecule has 0 saturated carbocycles. The fourth-order valence-electron chi connectivity index (χ4n) is 1.36. The highest BCUT2D eigenvalue weighted by atomic mass is 35.5. The van der Waals surface area contributed by atoms with Gasteiger partial charge in [0.25, 0.3) is 0 Å². The highest BCUT2D eigenvalue weighted by Crippen LogP contribution is 2.18. The summed E-state index contributed by atoms with van der Waals surface area (Å²) in [4.78, 5) is 0. The van der Waals surface area contributed by atoms with Gasteiger partial charge in [0.05, 0.1) is 5.69 Å². The van der Waals surface area contributed by atoms with E-state index >= 15 is 0 Å². The molecule has 4 heteroatoms. The molecule has 0 aliphatic rings. The molecule has 0 atom stereocenters. The topological polar surface area (TPSA) is 30.7 Å². The summed E-state index contributed by atoms with van der Waals surface area (Å²) in [5, 5.41) is 7.88. The van der Waals surface area contributed by atoms with Crippen LogP contribution in [-0.4, -0.2) is 14.8 Å². The third-order valence-electron chi connectivity index (χ3n) is 2.13. The van der Waals surface area contributed by atoms with Crippen LogP contribution in [0.1, 0.15) is 11.1 Å². The molecule has 72 valence electrons. The molecule has 0 amide bonds. The molecular formula is C10H10ClN3. The summed E-state index contributed by atoms with van der Waals surface area (Å²) in [6, 6.07) is 6.18. The molecule has 0 bridgehead atoms. The van der Waals surface area contributed by atoms with E-state index in [1.54, 1.807) is 10.9 Å². The van der Waals surface area contributed by atoms with Crippen LogP contribution in [0.2, 0.25) is 5.28 Å². The Morgan fingerprint density at radius 2 is 2.07 bits per heavy atom. The number of hydrogen-bond donors (Lipinski definition) is 0. The monoisotopic (exact) mass is 207 g/mol. The third-order valence-corrected chi connectivity index (χ3v) is 2.39. The molecule has 1 aromatic carbocycles. The molecule has 14 heavy (non-hydrogen) atoms. The van der Waals surface area contributed by atoms with Crippen molar-refractivity contribution in [1.29, 1.82) is 0 Å². The highest BCUT2D eigenvalue weighted by molar-refractivity contribution is 6.28. The summed E-state index contributed by atoms with van der Waals surface area (Å²) in [6.45, 7) is 4.08. The van der Waals surface area contributed by atoms with Crippen LogP contribution in [0.15, 0.2) is 24.5 Å². The maximum absolute atomic E-state index is 5.89. The van der Waals surface area contributed by atoms with Crippen molar-refractivity contribution in [3.63, 3.8) is 0 Å². The second-order valence-electron chi connectivity index (χ2n) is 3.26. The second kappa shape index (κ2) is 3.42. The molecule has 0 unspecified atom stereocenters. The number of nitrogens with zero attached hydrogens (tertiary/aromatic N) is 3. The van der Waals surface area contributed by atoms with Crippen LogP contribution < -0.4 is 0 Å². The molecule has 0 spiro atoms. The van der Waals surface area contributed by atoms with E-state index in [1.807, 2.05) is 13.8 Å². The first-order chi connectivity index (χ1) is 6.68. The summed E-state index contributed by atoms with van der Waals surface area (Å²) in [6.07, 6.45) is 1.62. The van der Waals surface area contributed by atoms with Crippen LogP contribution in [0.25, 0.3) is 5.69 Å². The van der Waals surface area contributed by atoms with E-state index < -0.39 is 0 Å². The van der Waals surface area contributed by atoms with Crippen molar-refractivity contribution >= 4 is 11.6 Å². The number of hydrogen-bond acceptors (Lipinski definition) is 2. The molecule has 1 heterocycles. The zero-order valence-electron chi connectivity index (χ0n) is 8.03. The lowest BCUT2D eigenvalue weighted by Gasteiger charge is -2.07. The molecule has 0 radical (unpaired) electrons. The molecule has 1 aromatic heterocycles. The van der Waals surface area contributed by atoms with E-state index in [4.69, 9.17) is 11.6 Å². The van der Waals surface area contributed by atoms with Crippen molar-refractivity contribution in [2.45, 2.75) is 13.8 Å². The van der Waals surface area contributed by atoms with Gasteiger partial charge in [0.2, 0.25) is 5.28 Å². The van der Waals surface area contributed by atoms with E-state index in [9.17, 15) is 0 Å². The summed E-state index contributed by atoms with van der Waals surface area (Å²) < 4.78 is 1.77. The lowest BCUT2D eigenvalue weighted by molar-refractivity contribution is 1.03. The van der Waals surface area contributed by atoms with Gasteiger partial charge >= 0.3 is 0 Å². The number of halogens is 1. The minimum Gasteiger partial charge on any atom is -0.272 e. The lowest BCUT2D eigenvalue weighted by Crippen LogP contribution is -1.96. The van der Waals surface area contributed by atoms with E-state index in [0.29, 0.717) is 5.28 Å². The Hall–Kier alpha value is -1.35. The quantitative estimate of drug-likeness (QED) is 0.720. The average molecular weight is 208 g/mol. The van der Waals surface area contributed by atoms with Gasteiger partial charge in [-0.2, -0.15) is 0 Å². The van der Waals surface area contributed by atoms with Gasteiger partial charge in [-0.05, 0) is 42.6 Å². The van der Waals surface area contributed by atoms with Gasteiger partial charge in [-0.15, -0.1) is 10.2 Å². The van der Waals surface area contributed by atoms with Crippen LogP contribution in [0.5, 0.6) is 0 Å². The van der Waals surface area contributed by atoms with Crippen molar-refractivity contribution in [1.82, 2.24) is 14.8 Å². The molecule has 0 saturated heterocycles. The van der Waals surface area contributed by atoms with Gasteiger partial charge in [0, 0.05) is 0 Å². The van der Waals surface area contributed by atoms with Crippen molar-refractivity contribution in [2.24, 2.45) is 0 Å². The predicted molar refractivity (Wildman–Crippen MR) is 55.8 cm³/mol. The van der Waals surface area contributed by atoms with E-state index in [2.05, 4.69) is 28.4 Å². The summed E-state index contributed by atoms with van der Waals surface area (Å²) in [5.41, 5.74) is 3.37. The van der Waals surface area contributed by atoms with Crippen LogP contribution >= 0.6 is 11.6 Å². The Balaban J connectivity index is 2.62. The molecular weight excluding hydrogens is 198 g/mol. The van der Waals surface area contributed by atoms with Crippen LogP contribution in [0.3, 0.4) is 0 Å². The summed E-state index contributed by atoms with van der Waals surface area (Å²) in [7, 11) is 0. The average Bonchev–Trinajstić information content (AvgIpc) is 2.56. The third kappa shape index (κ3) is 1.51. The standard InChI is InChI=1S/C10H10ClN3/c1-7-3-4-8(2)9(5-7)14-6-12-13-10(14)11/h3-6H,1-2H3. The minimum absolute atomic E-state index is 0.388. The molecule has 0 N–H and O–H groups in total. The van der Waals surface area contributed by atoms with Gasteiger partial charge in [-0.3, -0.25) is 4.57 Å². The van der Waals surface area contributed by atoms with Crippen LogP contribution in [0, 0.1) is 13.8 Å². The first kappa shape index (κ1) is 9.21. The van der Waals surface area contributed by atoms with E-state index in [0.717, 1.165) is 11.3 Å². The molecule has 3 nitrogen and oxygen atoms in total. The Morgan fingerprint density at radius 3 is 2.71 bits per heavy atom. The zero-order valence-corrected chi connectivity index (χ0v) is 8.78. The molecule has 0 aliphatic carbocycles. The Morgan fingerprint density at radius 1 is 1.29 bits per heavy atom. The van der Waals surface area contributed by atoms with Gasteiger partial charge in [-0.25, -0.2) is 0 Å². The Kier molecular flexibility index (Phi) is 2.25. The molecule has 0 aliphatic heterocycles. The zero-order chi connectivity index (χ0) is 10.1. The van der Waals surface area contributed by atoms with Crippen molar-refractivity contribution in [3.05, 3.63) is 40.9 Å². The lowest BCUT2D eigenvalue weighted by atomic mass is 10.1. The summed E-state index contributed by atoms with van der Waals surface area (Å²) >= 11 is 5.89. The molecule has 2 rings (SSSR count). The predicted octanol–water partition coefficient (Wildman–Crippen LogP) is 2.54. The maximum atomic E-state index is 5.89. The smallest absolute Gasteiger partial charge is 0.229 e. The van der Waals surface area contributed by atoms with Gasteiger partial charge in [0.15, 0.2) is 0 Å². The van der Waals surface area contributed by atoms with Crippen LogP contribution in [-0.2, 0) is 0 Å². The van der Waals surface area contributed by atoms with Crippen molar-refractivity contribution < 1.29 is 0 Å². The second-order valence-corrected chi connectivity index (χ2v) is 3.60. The Labute approximate surface area is 87.3 Å². The van der Waals surface area contributed by atoms with Crippen LogP contribution in [0.4, 0.5) is 0 Å². The molecule has 2 aromatic rings. The van der Waals surface area contributed by atoms with Crippen molar-refractivity contribution in [2.75, 3.05) is 0 Å². The number of rotatable bonds is 1. The first-order valence-electron chi connectivity index (χ1n) is 4.31. The maximum Gasteiger partial charge on any atom is 0.229 e. The van der Waals surface area contributed by atoms with Gasteiger partial charge in [-0.1, -0.05) is 12.1 Å². The van der Waals surface area contributed by atoms with E-state index in [-0.39, 0.29) is 0 Å². The van der Waals surface area contributed by atoms with E-state index in [1.165, 1.54) is 5.56 Å². The first-order valence-corrected chi connectivity index (χ1v) is 4.69. The number of benzene rings is 1. The van der Waals surface area contributed by atoms with Gasteiger partial charge < -0.3 is 0 Å². The van der Waals surface area contributed by atoms with Crippen molar-refractivity contribution in [3.8, 4) is 5.69 Å². The fourth-order valence-corrected chi connectivity index (χ4v) is 1.54. The SMILES string of the molecule is Cc1ccc(C)c(-n2cnnc2Cl)c1. The number of aromatic nitrogens is 3. The largest absolute Gasteiger partial charge is 0.272 e. The highest BCUT2D eigenvalue weighted by Gasteiger charge is 2.05. The summed E-state index contributed by atoms with van der Waals surface area (Å²) in [5.74, 6) is 0.